The third kappa shape index (κ3) is 2.91. The quantitative estimate of drug-likeness (QED) is 0.784. The first-order chi connectivity index (χ1) is 9.11. The first-order valence-corrected chi connectivity index (χ1v) is 5.73. The highest BCUT2D eigenvalue weighted by Crippen LogP contribution is 2.29. The predicted molar refractivity (Wildman–Crippen MR) is 69.5 cm³/mol. The maximum Gasteiger partial charge on any atom is 0.173 e. The number of hydrogen-bond acceptors (Lipinski definition) is 3. The predicted octanol–water partition coefficient (Wildman–Crippen LogP) is 3.83. The van der Waals surface area contributed by atoms with E-state index in [1.54, 1.807) is 31.4 Å². The van der Waals surface area contributed by atoms with Crippen molar-refractivity contribution in [1.82, 2.24) is 0 Å². The van der Waals surface area contributed by atoms with Crippen molar-refractivity contribution in [3.8, 4) is 17.2 Å². The summed E-state index contributed by atoms with van der Waals surface area (Å²) in [7, 11) is 1.56. The van der Waals surface area contributed by atoms with Crippen LogP contribution in [0.25, 0.3) is 0 Å². The van der Waals surface area contributed by atoms with E-state index >= 15 is 0 Å². The Labute approximate surface area is 110 Å². The number of carbonyl (C=O) groups is 1. The number of ketones is 1. The molecular weight excluding hydrogens is 247 g/mol. The maximum absolute atomic E-state index is 13.7. The normalized spacial score (nSPS) is 10.1. The van der Waals surface area contributed by atoms with Crippen molar-refractivity contribution in [2.45, 2.75) is 6.92 Å². The molecule has 0 saturated heterocycles. The van der Waals surface area contributed by atoms with Crippen molar-refractivity contribution in [3.63, 3.8) is 0 Å². The number of halogens is 1. The molecule has 0 fully saturated rings. The first-order valence-electron chi connectivity index (χ1n) is 5.73. The van der Waals surface area contributed by atoms with E-state index in [-0.39, 0.29) is 17.1 Å². The van der Waals surface area contributed by atoms with E-state index in [2.05, 4.69) is 0 Å². The minimum atomic E-state index is -0.566. The topological polar surface area (TPSA) is 35.5 Å². The summed E-state index contributed by atoms with van der Waals surface area (Å²) in [4.78, 5) is 11.4. The van der Waals surface area contributed by atoms with E-state index in [0.717, 1.165) is 0 Å². The van der Waals surface area contributed by atoms with Gasteiger partial charge in [0.05, 0.1) is 12.7 Å². The monoisotopic (exact) mass is 260 g/mol. The molecule has 0 atom stereocenters. The van der Waals surface area contributed by atoms with Crippen molar-refractivity contribution in [2.24, 2.45) is 0 Å². The van der Waals surface area contributed by atoms with Gasteiger partial charge in [-0.05, 0) is 43.3 Å². The van der Waals surface area contributed by atoms with E-state index in [9.17, 15) is 9.18 Å². The fourth-order valence-corrected chi connectivity index (χ4v) is 1.65. The van der Waals surface area contributed by atoms with Crippen LogP contribution in [0.2, 0.25) is 0 Å². The van der Waals surface area contributed by atoms with Crippen LogP contribution in [0.15, 0.2) is 42.5 Å². The van der Waals surface area contributed by atoms with E-state index < -0.39 is 5.82 Å². The summed E-state index contributed by atoms with van der Waals surface area (Å²) < 4.78 is 24.2. The van der Waals surface area contributed by atoms with Crippen LogP contribution in [0, 0.1) is 5.82 Å². The molecule has 2 aromatic carbocycles. The van der Waals surface area contributed by atoms with Gasteiger partial charge >= 0.3 is 0 Å². The Bertz CT molecular complexity index is 591. The Kier molecular flexibility index (Phi) is 3.80. The third-order valence-electron chi connectivity index (χ3n) is 2.63. The molecule has 2 aromatic rings. The van der Waals surface area contributed by atoms with Crippen LogP contribution in [-0.4, -0.2) is 12.9 Å². The Morgan fingerprint density at radius 2 is 1.68 bits per heavy atom. The lowest BCUT2D eigenvalue weighted by Crippen LogP contribution is -1.99. The van der Waals surface area contributed by atoms with Crippen molar-refractivity contribution >= 4 is 5.78 Å². The summed E-state index contributed by atoms with van der Waals surface area (Å²) in [5.74, 6) is 0.243. The van der Waals surface area contributed by atoms with E-state index in [1.807, 2.05) is 0 Å². The molecule has 0 unspecified atom stereocenters. The summed E-state index contributed by atoms with van der Waals surface area (Å²) in [6.45, 7) is 1.37. The molecule has 3 nitrogen and oxygen atoms in total. The molecule has 4 heteroatoms. The lowest BCUT2D eigenvalue weighted by Gasteiger charge is -2.10. The molecule has 2 rings (SSSR count). The smallest absolute Gasteiger partial charge is 0.173 e. The number of ether oxygens (including phenoxy) is 2. The van der Waals surface area contributed by atoms with Gasteiger partial charge in [0.2, 0.25) is 0 Å². The molecule has 0 aliphatic rings. The molecule has 98 valence electrons. The molecule has 0 saturated carbocycles. The Morgan fingerprint density at radius 3 is 2.26 bits per heavy atom. The van der Waals surface area contributed by atoms with Crippen LogP contribution >= 0.6 is 0 Å². The average molecular weight is 260 g/mol. The summed E-state index contributed by atoms with van der Waals surface area (Å²) in [5, 5.41) is 0. The minimum Gasteiger partial charge on any atom is -0.497 e. The molecular formula is C15H13FO3. The standard InChI is InChI=1S/C15H13FO3/c1-10(17)13-4-3-5-14(16)15(13)19-12-8-6-11(18-2)7-9-12/h3-9H,1-2H3. The first kappa shape index (κ1) is 13.1. The van der Waals surface area contributed by atoms with Crippen LogP contribution in [0.4, 0.5) is 4.39 Å². The number of rotatable bonds is 4. The minimum absolute atomic E-state index is 0.0554. The Balaban J connectivity index is 2.34. The zero-order chi connectivity index (χ0) is 13.8. The van der Waals surface area contributed by atoms with E-state index in [0.29, 0.717) is 11.5 Å². The summed E-state index contributed by atoms with van der Waals surface area (Å²) in [5.41, 5.74) is 0.218. The van der Waals surface area contributed by atoms with Crippen LogP contribution in [0.3, 0.4) is 0 Å². The SMILES string of the molecule is COc1ccc(Oc2c(F)cccc2C(C)=O)cc1. The summed E-state index contributed by atoms with van der Waals surface area (Å²) in [6, 6.07) is 11.0. The zero-order valence-corrected chi connectivity index (χ0v) is 10.6. The largest absolute Gasteiger partial charge is 0.497 e. The fraction of sp³-hybridized carbons (Fsp3) is 0.133. The number of Topliss-reactive ketones (excluding diaryl/α,β-unsaturated/α-hetero) is 1. The Morgan fingerprint density at radius 1 is 1.05 bits per heavy atom. The Hall–Kier alpha value is -2.36. The molecule has 0 aliphatic carbocycles. The highest BCUT2D eigenvalue weighted by molar-refractivity contribution is 5.96. The second kappa shape index (κ2) is 5.52. The third-order valence-corrected chi connectivity index (χ3v) is 2.63. The van der Waals surface area contributed by atoms with Gasteiger partial charge in [-0.25, -0.2) is 4.39 Å². The van der Waals surface area contributed by atoms with Gasteiger partial charge in [0.15, 0.2) is 17.3 Å². The molecule has 0 heterocycles. The second-order valence-electron chi connectivity index (χ2n) is 3.95. The summed E-state index contributed by atoms with van der Waals surface area (Å²) >= 11 is 0. The number of para-hydroxylation sites is 1. The van der Waals surface area contributed by atoms with Crippen LogP contribution in [0.1, 0.15) is 17.3 Å². The molecule has 0 aliphatic heterocycles. The van der Waals surface area contributed by atoms with Gasteiger partial charge < -0.3 is 9.47 Å². The van der Waals surface area contributed by atoms with Crippen molar-refractivity contribution in [1.29, 1.82) is 0 Å². The lowest BCUT2D eigenvalue weighted by molar-refractivity contribution is 0.101. The zero-order valence-electron chi connectivity index (χ0n) is 10.6. The van der Waals surface area contributed by atoms with Gasteiger partial charge in [-0.2, -0.15) is 0 Å². The molecule has 0 bridgehead atoms. The van der Waals surface area contributed by atoms with E-state index in [1.165, 1.54) is 25.1 Å². The van der Waals surface area contributed by atoms with E-state index in [4.69, 9.17) is 9.47 Å². The highest BCUT2D eigenvalue weighted by atomic mass is 19.1. The van der Waals surface area contributed by atoms with Gasteiger partial charge in [-0.15, -0.1) is 0 Å². The van der Waals surface area contributed by atoms with Gasteiger partial charge in [0.1, 0.15) is 11.5 Å². The average Bonchev–Trinajstić information content (AvgIpc) is 2.41. The van der Waals surface area contributed by atoms with Gasteiger partial charge in [0, 0.05) is 0 Å². The van der Waals surface area contributed by atoms with Gasteiger partial charge in [-0.1, -0.05) is 6.07 Å². The van der Waals surface area contributed by atoms with Crippen LogP contribution in [0.5, 0.6) is 17.2 Å². The molecule has 0 radical (unpaired) electrons. The number of hydrogen-bond donors (Lipinski definition) is 0. The van der Waals surface area contributed by atoms with Gasteiger partial charge in [0.25, 0.3) is 0 Å². The summed E-state index contributed by atoms with van der Waals surface area (Å²) in [6.07, 6.45) is 0. The van der Waals surface area contributed by atoms with Crippen LogP contribution < -0.4 is 9.47 Å². The van der Waals surface area contributed by atoms with Crippen molar-refractivity contribution < 1.29 is 18.7 Å². The highest BCUT2D eigenvalue weighted by Gasteiger charge is 2.14. The van der Waals surface area contributed by atoms with Crippen LogP contribution in [-0.2, 0) is 0 Å². The van der Waals surface area contributed by atoms with Gasteiger partial charge in [-0.3, -0.25) is 4.79 Å². The molecule has 19 heavy (non-hydrogen) atoms. The van der Waals surface area contributed by atoms with Crippen molar-refractivity contribution in [2.75, 3.05) is 7.11 Å². The number of benzene rings is 2. The second-order valence-corrected chi connectivity index (χ2v) is 3.95. The van der Waals surface area contributed by atoms with Crippen molar-refractivity contribution in [3.05, 3.63) is 53.8 Å². The fourth-order valence-electron chi connectivity index (χ4n) is 1.65. The molecule has 0 N–H and O–H groups in total. The molecule has 0 aromatic heterocycles. The molecule has 0 amide bonds. The number of methoxy groups -OCH3 is 1. The molecule has 0 spiro atoms. The number of carbonyl (C=O) groups excluding carboxylic acids is 1. The lowest BCUT2D eigenvalue weighted by atomic mass is 10.1. The maximum atomic E-state index is 13.7.